The molecule has 0 amide bonds. The zero-order valence-corrected chi connectivity index (χ0v) is 9.13. The maximum absolute atomic E-state index is 5.28. The Morgan fingerprint density at radius 3 is 2.79 bits per heavy atom. The van der Waals surface area contributed by atoms with Crippen LogP contribution in [0.4, 0.5) is 0 Å². The van der Waals surface area contributed by atoms with E-state index >= 15 is 0 Å². The van der Waals surface area contributed by atoms with E-state index in [0.29, 0.717) is 0 Å². The first kappa shape index (κ1) is 11.9. The molecule has 4 nitrogen and oxygen atoms in total. The predicted octanol–water partition coefficient (Wildman–Crippen LogP) is -0.0553. The zero-order valence-electron chi connectivity index (χ0n) is 9.13. The maximum atomic E-state index is 5.28. The van der Waals surface area contributed by atoms with Gasteiger partial charge in [0, 0.05) is 39.3 Å². The Labute approximate surface area is 86.6 Å². The summed E-state index contributed by atoms with van der Waals surface area (Å²) in [5.41, 5.74) is 0. The number of hydrogen-bond acceptors (Lipinski definition) is 4. The summed E-state index contributed by atoms with van der Waals surface area (Å²) < 4.78 is 10.5. The van der Waals surface area contributed by atoms with Crippen molar-refractivity contribution < 1.29 is 9.47 Å². The number of ether oxygens (including phenoxy) is 2. The maximum Gasteiger partial charge on any atom is 0.0594 e. The largest absolute Gasteiger partial charge is 0.380 e. The Balaban J connectivity index is 1.82. The van der Waals surface area contributed by atoms with Crippen molar-refractivity contribution in [3.05, 3.63) is 0 Å². The molecule has 0 aromatic heterocycles. The first-order valence-corrected chi connectivity index (χ1v) is 5.52. The molecule has 14 heavy (non-hydrogen) atoms. The summed E-state index contributed by atoms with van der Waals surface area (Å²) in [6, 6.07) is 0. The van der Waals surface area contributed by atoms with Crippen LogP contribution in [0, 0.1) is 0 Å². The van der Waals surface area contributed by atoms with Crippen molar-refractivity contribution in [1.82, 2.24) is 10.2 Å². The summed E-state index contributed by atoms with van der Waals surface area (Å²) in [6.45, 7) is 10.7. The van der Waals surface area contributed by atoms with Gasteiger partial charge in [-0.25, -0.2) is 0 Å². The first-order valence-electron chi connectivity index (χ1n) is 5.52. The highest BCUT2D eigenvalue weighted by molar-refractivity contribution is 4.62. The second-order valence-corrected chi connectivity index (χ2v) is 3.40. The lowest BCUT2D eigenvalue weighted by molar-refractivity contribution is 0.0381. The third kappa shape index (κ3) is 5.54. The summed E-state index contributed by atoms with van der Waals surface area (Å²) in [5.74, 6) is 0. The normalized spacial score (nSPS) is 18.6. The molecule has 1 aliphatic heterocycles. The Kier molecular flexibility index (Phi) is 6.95. The highest BCUT2D eigenvalue weighted by atomic mass is 16.5. The molecule has 0 aromatic rings. The molecular formula is C10H22N2O2. The van der Waals surface area contributed by atoms with Crippen molar-refractivity contribution in [3.63, 3.8) is 0 Å². The van der Waals surface area contributed by atoms with Crippen molar-refractivity contribution in [3.8, 4) is 0 Å². The summed E-state index contributed by atoms with van der Waals surface area (Å²) >= 11 is 0. The molecule has 84 valence electrons. The minimum Gasteiger partial charge on any atom is -0.380 e. The topological polar surface area (TPSA) is 33.7 Å². The van der Waals surface area contributed by atoms with Crippen LogP contribution in [-0.4, -0.2) is 64.1 Å². The molecule has 1 aliphatic rings. The van der Waals surface area contributed by atoms with Crippen LogP contribution < -0.4 is 5.32 Å². The highest BCUT2D eigenvalue weighted by Gasteiger charge is 2.08. The second kappa shape index (κ2) is 8.17. The molecular weight excluding hydrogens is 180 g/mol. The van der Waals surface area contributed by atoms with E-state index in [4.69, 9.17) is 9.47 Å². The lowest BCUT2D eigenvalue weighted by atomic mass is 10.4. The number of morpholine rings is 1. The van der Waals surface area contributed by atoms with Gasteiger partial charge in [0.2, 0.25) is 0 Å². The van der Waals surface area contributed by atoms with Crippen molar-refractivity contribution in [2.24, 2.45) is 0 Å². The number of hydrogen-bond donors (Lipinski definition) is 1. The molecule has 0 radical (unpaired) electrons. The number of nitrogens with one attached hydrogen (secondary N) is 1. The van der Waals surface area contributed by atoms with Gasteiger partial charge < -0.3 is 14.8 Å². The smallest absolute Gasteiger partial charge is 0.0594 e. The van der Waals surface area contributed by atoms with Crippen LogP contribution in [-0.2, 0) is 9.47 Å². The van der Waals surface area contributed by atoms with Gasteiger partial charge in [-0.3, -0.25) is 4.90 Å². The average molecular weight is 202 g/mol. The van der Waals surface area contributed by atoms with Crippen LogP contribution in [0.3, 0.4) is 0 Å². The van der Waals surface area contributed by atoms with Crippen LogP contribution in [0.25, 0.3) is 0 Å². The van der Waals surface area contributed by atoms with Gasteiger partial charge in [-0.1, -0.05) is 0 Å². The van der Waals surface area contributed by atoms with Crippen LogP contribution >= 0.6 is 0 Å². The van der Waals surface area contributed by atoms with Gasteiger partial charge in [0.05, 0.1) is 19.8 Å². The zero-order chi connectivity index (χ0) is 10.1. The van der Waals surface area contributed by atoms with Gasteiger partial charge in [0.1, 0.15) is 0 Å². The van der Waals surface area contributed by atoms with Gasteiger partial charge in [0.25, 0.3) is 0 Å². The van der Waals surface area contributed by atoms with E-state index < -0.39 is 0 Å². The van der Waals surface area contributed by atoms with E-state index in [1.165, 1.54) is 0 Å². The quantitative estimate of drug-likeness (QED) is 0.587. The van der Waals surface area contributed by atoms with Crippen molar-refractivity contribution >= 4 is 0 Å². The molecule has 1 rings (SSSR count). The fourth-order valence-corrected chi connectivity index (χ4v) is 1.48. The molecule has 0 aliphatic carbocycles. The van der Waals surface area contributed by atoms with E-state index in [-0.39, 0.29) is 0 Å². The lowest BCUT2D eigenvalue weighted by Gasteiger charge is -2.26. The minimum atomic E-state index is 0.811. The Bertz CT molecular complexity index is 127. The van der Waals surface area contributed by atoms with Crippen LogP contribution in [0.2, 0.25) is 0 Å². The third-order valence-electron chi connectivity index (χ3n) is 2.34. The van der Waals surface area contributed by atoms with Gasteiger partial charge in [-0.05, 0) is 6.92 Å². The minimum absolute atomic E-state index is 0.811. The predicted molar refractivity (Wildman–Crippen MR) is 56.6 cm³/mol. The molecule has 0 bridgehead atoms. The van der Waals surface area contributed by atoms with E-state index in [2.05, 4.69) is 10.2 Å². The van der Waals surface area contributed by atoms with Gasteiger partial charge >= 0.3 is 0 Å². The fourth-order valence-electron chi connectivity index (χ4n) is 1.48. The van der Waals surface area contributed by atoms with Gasteiger partial charge in [-0.15, -0.1) is 0 Å². The first-order chi connectivity index (χ1) is 6.93. The molecule has 1 N–H and O–H groups in total. The van der Waals surface area contributed by atoms with E-state index in [1.807, 2.05) is 6.92 Å². The Morgan fingerprint density at radius 1 is 1.29 bits per heavy atom. The van der Waals surface area contributed by atoms with E-state index in [1.54, 1.807) is 0 Å². The van der Waals surface area contributed by atoms with Gasteiger partial charge in [-0.2, -0.15) is 0 Å². The number of rotatable bonds is 7. The molecule has 1 fully saturated rings. The van der Waals surface area contributed by atoms with E-state index in [0.717, 1.165) is 59.2 Å². The molecule has 0 spiro atoms. The van der Waals surface area contributed by atoms with Crippen LogP contribution in [0.5, 0.6) is 0 Å². The Hall–Kier alpha value is -0.160. The molecule has 0 saturated carbocycles. The highest BCUT2D eigenvalue weighted by Crippen LogP contribution is 1.94. The molecule has 0 unspecified atom stereocenters. The standard InChI is InChI=1S/C10H22N2O2/c1-2-13-8-4-11-3-5-12-6-9-14-10-7-12/h11H,2-10H2,1H3. The van der Waals surface area contributed by atoms with Crippen LogP contribution in [0.1, 0.15) is 6.92 Å². The van der Waals surface area contributed by atoms with Gasteiger partial charge in [0.15, 0.2) is 0 Å². The van der Waals surface area contributed by atoms with Crippen LogP contribution in [0.15, 0.2) is 0 Å². The summed E-state index contributed by atoms with van der Waals surface area (Å²) in [5, 5.41) is 3.36. The molecule has 1 saturated heterocycles. The summed E-state index contributed by atoms with van der Waals surface area (Å²) in [4.78, 5) is 2.43. The third-order valence-corrected chi connectivity index (χ3v) is 2.34. The molecule has 4 heteroatoms. The average Bonchev–Trinajstić information content (AvgIpc) is 2.25. The number of nitrogens with zero attached hydrogens (tertiary/aromatic N) is 1. The molecule has 1 heterocycles. The lowest BCUT2D eigenvalue weighted by Crippen LogP contribution is -2.40. The summed E-state index contributed by atoms with van der Waals surface area (Å²) in [6.07, 6.45) is 0. The SMILES string of the molecule is CCOCCNCCN1CCOCC1. The van der Waals surface area contributed by atoms with Crippen molar-refractivity contribution in [2.75, 3.05) is 59.2 Å². The summed E-state index contributed by atoms with van der Waals surface area (Å²) in [7, 11) is 0. The molecule has 0 atom stereocenters. The fraction of sp³-hybridized carbons (Fsp3) is 1.00. The molecule has 0 aromatic carbocycles. The van der Waals surface area contributed by atoms with E-state index in [9.17, 15) is 0 Å². The van der Waals surface area contributed by atoms with Crippen molar-refractivity contribution in [1.29, 1.82) is 0 Å². The second-order valence-electron chi connectivity index (χ2n) is 3.40. The monoisotopic (exact) mass is 202 g/mol. The Morgan fingerprint density at radius 2 is 2.07 bits per heavy atom. The van der Waals surface area contributed by atoms with Crippen molar-refractivity contribution in [2.45, 2.75) is 6.92 Å².